The summed E-state index contributed by atoms with van der Waals surface area (Å²) in [5.74, 6) is -0.793. The first kappa shape index (κ1) is 25.9. The van der Waals surface area contributed by atoms with Crippen molar-refractivity contribution in [3.05, 3.63) is 64.9 Å². The zero-order valence-electron chi connectivity index (χ0n) is 21.2. The number of benzene rings is 1. The second kappa shape index (κ2) is 11.2. The third kappa shape index (κ3) is 5.77. The molecule has 0 radical (unpaired) electrons. The Morgan fingerprint density at radius 2 is 2.06 bits per heavy atom. The average molecular weight is 494 g/mol. The lowest BCUT2D eigenvalue weighted by Gasteiger charge is -2.37. The highest BCUT2D eigenvalue weighted by atomic mass is 16.5. The molecule has 2 aromatic rings. The van der Waals surface area contributed by atoms with Crippen molar-refractivity contribution in [1.82, 2.24) is 14.8 Å². The van der Waals surface area contributed by atoms with Gasteiger partial charge in [0.2, 0.25) is 5.88 Å². The summed E-state index contributed by atoms with van der Waals surface area (Å²) in [6, 6.07) is 8.42. The summed E-state index contributed by atoms with van der Waals surface area (Å²) in [5.41, 5.74) is 3.85. The fourth-order valence-corrected chi connectivity index (χ4v) is 4.87. The average Bonchev–Trinajstić information content (AvgIpc) is 3.41. The normalized spacial score (nSPS) is 20.9. The number of carbonyl (C=O) groups excluding carboxylic acids is 1. The number of aliphatic hydroxyl groups is 1. The molecule has 0 fully saturated rings. The number of ether oxygens (including phenoxy) is 1. The number of aromatic nitrogens is 1. The lowest BCUT2D eigenvalue weighted by atomic mass is 9.99. The summed E-state index contributed by atoms with van der Waals surface area (Å²) in [5, 5.41) is 19.0. The molecule has 0 saturated heterocycles. The van der Waals surface area contributed by atoms with E-state index in [-0.39, 0.29) is 36.1 Å². The molecule has 8 nitrogen and oxygen atoms in total. The van der Waals surface area contributed by atoms with E-state index in [1.807, 2.05) is 39.1 Å². The molecule has 0 saturated carbocycles. The molecule has 192 valence electrons. The summed E-state index contributed by atoms with van der Waals surface area (Å²) in [4.78, 5) is 33.1. The van der Waals surface area contributed by atoms with Crippen LogP contribution in [0.2, 0.25) is 0 Å². The van der Waals surface area contributed by atoms with Gasteiger partial charge in [0.25, 0.3) is 5.91 Å². The zero-order valence-corrected chi connectivity index (χ0v) is 21.2. The first-order chi connectivity index (χ1) is 17.3. The van der Waals surface area contributed by atoms with Crippen LogP contribution >= 0.6 is 0 Å². The molecule has 1 aliphatic heterocycles. The van der Waals surface area contributed by atoms with Crippen molar-refractivity contribution in [2.24, 2.45) is 5.92 Å². The molecule has 0 spiro atoms. The Bertz CT molecular complexity index is 1130. The van der Waals surface area contributed by atoms with Gasteiger partial charge in [-0.3, -0.25) is 9.69 Å². The first-order valence-electron chi connectivity index (χ1n) is 12.6. The molecule has 2 heterocycles. The van der Waals surface area contributed by atoms with Gasteiger partial charge in [0.15, 0.2) is 0 Å². The molecule has 0 bridgehead atoms. The van der Waals surface area contributed by atoms with E-state index in [2.05, 4.69) is 16.0 Å². The maximum absolute atomic E-state index is 13.6. The van der Waals surface area contributed by atoms with Crippen molar-refractivity contribution in [2.75, 3.05) is 26.7 Å². The number of amides is 1. The van der Waals surface area contributed by atoms with Gasteiger partial charge >= 0.3 is 5.97 Å². The number of carboxylic acids is 1. The first-order valence-corrected chi connectivity index (χ1v) is 12.6. The van der Waals surface area contributed by atoms with Crippen molar-refractivity contribution in [3.63, 3.8) is 0 Å². The standard InChI is InChI=1S/C28H35N3O5/c1-18-14-31(19(2)17-32)27(33)24-12-23(21-6-4-5-7-21)13-29-26(24)36-25(18)16-30(3)15-20-8-10-22(11-9-20)28(34)35/h6,8-13,18-19,25,32H,4-5,7,14-17H2,1-3H3,(H,34,35)/t18-,19+,25+/m0/s1. The minimum atomic E-state index is -0.943. The van der Waals surface area contributed by atoms with E-state index in [0.717, 1.165) is 30.4 Å². The Morgan fingerprint density at radius 1 is 1.31 bits per heavy atom. The number of likely N-dealkylation sites (N-methyl/N-ethyl adjacent to an activating group) is 1. The lowest BCUT2D eigenvalue weighted by molar-refractivity contribution is 0.0325. The van der Waals surface area contributed by atoms with Gasteiger partial charge < -0.3 is 19.8 Å². The van der Waals surface area contributed by atoms with E-state index in [4.69, 9.17) is 9.84 Å². The zero-order chi connectivity index (χ0) is 25.8. The summed E-state index contributed by atoms with van der Waals surface area (Å²) in [6.45, 7) is 5.45. The molecule has 8 heteroatoms. The van der Waals surface area contributed by atoms with Crippen LogP contribution in [0.25, 0.3) is 5.57 Å². The van der Waals surface area contributed by atoms with Gasteiger partial charge in [-0.15, -0.1) is 0 Å². The van der Waals surface area contributed by atoms with Crippen LogP contribution in [0.4, 0.5) is 0 Å². The molecule has 3 atom stereocenters. The van der Waals surface area contributed by atoms with Crippen molar-refractivity contribution in [3.8, 4) is 5.88 Å². The van der Waals surface area contributed by atoms with E-state index < -0.39 is 5.97 Å². The van der Waals surface area contributed by atoms with Crippen LogP contribution in [-0.4, -0.2) is 75.8 Å². The van der Waals surface area contributed by atoms with Crippen LogP contribution in [0.5, 0.6) is 5.88 Å². The van der Waals surface area contributed by atoms with Gasteiger partial charge in [0, 0.05) is 31.7 Å². The highest BCUT2D eigenvalue weighted by Crippen LogP contribution is 2.32. The molecule has 1 aromatic heterocycles. The van der Waals surface area contributed by atoms with Crippen LogP contribution < -0.4 is 4.74 Å². The Kier molecular flexibility index (Phi) is 8.06. The predicted molar refractivity (Wildman–Crippen MR) is 137 cm³/mol. The second-order valence-electron chi connectivity index (χ2n) is 10.0. The number of aliphatic hydroxyl groups excluding tert-OH is 1. The van der Waals surface area contributed by atoms with Crippen molar-refractivity contribution < 1.29 is 24.5 Å². The van der Waals surface area contributed by atoms with Gasteiger partial charge in [0.05, 0.1) is 18.2 Å². The molecule has 2 aliphatic rings. The molecule has 1 aliphatic carbocycles. The molecule has 0 unspecified atom stereocenters. The number of allylic oxidation sites excluding steroid dienone is 2. The van der Waals surface area contributed by atoms with Crippen LogP contribution in [-0.2, 0) is 6.54 Å². The third-order valence-electron chi connectivity index (χ3n) is 7.08. The Morgan fingerprint density at radius 3 is 2.69 bits per heavy atom. The van der Waals surface area contributed by atoms with Crippen LogP contribution in [0, 0.1) is 5.92 Å². The van der Waals surface area contributed by atoms with Crippen LogP contribution in [0.3, 0.4) is 0 Å². The SMILES string of the molecule is C[C@H](CO)N1C[C@H](C)[C@@H](CN(C)Cc2ccc(C(=O)O)cc2)Oc2ncc(C3=CCCC3)cc2C1=O. The lowest BCUT2D eigenvalue weighted by Crippen LogP contribution is -2.49. The third-order valence-corrected chi connectivity index (χ3v) is 7.08. The van der Waals surface area contributed by atoms with Crippen LogP contribution in [0.15, 0.2) is 42.6 Å². The second-order valence-corrected chi connectivity index (χ2v) is 10.0. The summed E-state index contributed by atoms with van der Waals surface area (Å²) < 4.78 is 6.40. The number of hydrogen-bond donors (Lipinski definition) is 2. The van der Waals surface area contributed by atoms with E-state index >= 15 is 0 Å². The fraction of sp³-hybridized carbons (Fsp3) is 0.464. The molecule has 36 heavy (non-hydrogen) atoms. The van der Waals surface area contributed by atoms with Gasteiger partial charge in [-0.25, -0.2) is 9.78 Å². The number of nitrogens with zero attached hydrogens (tertiary/aromatic N) is 3. The van der Waals surface area contributed by atoms with E-state index in [1.54, 1.807) is 23.2 Å². The summed E-state index contributed by atoms with van der Waals surface area (Å²) in [6.07, 6.45) is 6.88. The monoisotopic (exact) mass is 493 g/mol. The highest BCUT2D eigenvalue weighted by molar-refractivity contribution is 5.97. The maximum Gasteiger partial charge on any atom is 0.335 e. The minimum absolute atomic E-state index is 0.00745. The molecular formula is C28H35N3O5. The molecule has 4 rings (SSSR count). The number of aromatic carboxylic acids is 1. The number of carbonyl (C=O) groups is 2. The minimum Gasteiger partial charge on any atom is -0.478 e. The van der Waals surface area contributed by atoms with Gasteiger partial charge in [-0.1, -0.05) is 25.1 Å². The molecule has 1 aromatic carbocycles. The van der Waals surface area contributed by atoms with Crippen molar-refractivity contribution in [1.29, 1.82) is 0 Å². The topological polar surface area (TPSA) is 103 Å². The molecule has 2 N–H and O–H groups in total. The Labute approximate surface area is 212 Å². The van der Waals surface area contributed by atoms with E-state index in [1.165, 1.54) is 5.57 Å². The number of hydrogen-bond acceptors (Lipinski definition) is 6. The maximum atomic E-state index is 13.6. The molecule has 1 amide bonds. The van der Waals surface area contributed by atoms with Crippen molar-refractivity contribution in [2.45, 2.75) is 51.8 Å². The van der Waals surface area contributed by atoms with Gasteiger partial charge in [-0.05, 0) is 68.1 Å². The number of carboxylic acid groups (broad SMARTS) is 1. The van der Waals surface area contributed by atoms with Gasteiger partial charge in [-0.2, -0.15) is 0 Å². The summed E-state index contributed by atoms with van der Waals surface area (Å²) in [7, 11) is 1.99. The Balaban J connectivity index is 1.58. The number of fused-ring (bicyclic) bond motifs is 1. The summed E-state index contributed by atoms with van der Waals surface area (Å²) >= 11 is 0. The quantitative estimate of drug-likeness (QED) is 0.578. The molecular weight excluding hydrogens is 458 g/mol. The van der Waals surface area contributed by atoms with Crippen LogP contribution in [0.1, 0.15) is 65.0 Å². The highest BCUT2D eigenvalue weighted by Gasteiger charge is 2.34. The largest absolute Gasteiger partial charge is 0.478 e. The fourth-order valence-electron chi connectivity index (χ4n) is 4.87. The van der Waals surface area contributed by atoms with Gasteiger partial charge in [0.1, 0.15) is 11.7 Å². The number of rotatable bonds is 8. The predicted octanol–water partition coefficient (Wildman–Crippen LogP) is 3.70. The van der Waals surface area contributed by atoms with Crippen molar-refractivity contribution >= 4 is 17.4 Å². The Hall–Kier alpha value is -3.23. The number of pyridine rings is 1. The van der Waals surface area contributed by atoms with E-state index in [0.29, 0.717) is 31.1 Å². The smallest absolute Gasteiger partial charge is 0.335 e. The van der Waals surface area contributed by atoms with E-state index in [9.17, 15) is 14.7 Å².